The minimum absolute atomic E-state index is 0.0388. The molecule has 3 fully saturated rings. The van der Waals surface area contributed by atoms with Gasteiger partial charge in [0.25, 0.3) is 5.91 Å². The minimum Gasteiger partial charge on any atom is -0.480 e. The molecule has 3 unspecified atom stereocenters. The van der Waals surface area contributed by atoms with Gasteiger partial charge in [-0.1, -0.05) is 114 Å². The van der Waals surface area contributed by atoms with E-state index in [0.29, 0.717) is 70.5 Å². The van der Waals surface area contributed by atoms with Gasteiger partial charge in [0.2, 0.25) is 19.6 Å². The maximum absolute atomic E-state index is 14.2. The molecule has 5 N–H and O–H groups in total. The van der Waals surface area contributed by atoms with E-state index in [1.54, 1.807) is 6.92 Å². The lowest BCUT2D eigenvalue weighted by Gasteiger charge is -2.30. The van der Waals surface area contributed by atoms with Crippen LogP contribution in [0.5, 0.6) is 0 Å². The van der Waals surface area contributed by atoms with Crippen molar-refractivity contribution in [2.45, 2.75) is 161 Å². The molecule has 16 nitrogen and oxygen atoms in total. The van der Waals surface area contributed by atoms with Crippen molar-refractivity contribution in [1.29, 1.82) is 0 Å². The van der Waals surface area contributed by atoms with Crippen molar-refractivity contribution in [3.8, 4) is 0 Å². The second-order valence-corrected chi connectivity index (χ2v) is 23.7. The van der Waals surface area contributed by atoms with Gasteiger partial charge in [0.1, 0.15) is 24.3 Å². The third-order valence-corrected chi connectivity index (χ3v) is 17.2. The number of ether oxygens (including phenoxy) is 1. The van der Waals surface area contributed by atoms with Gasteiger partial charge in [0, 0.05) is 31.6 Å². The highest BCUT2D eigenvalue weighted by Gasteiger charge is 2.45. The number of carboxylic acids is 2. The van der Waals surface area contributed by atoms with Crippen LogP contribution in [0.1, 0.15) is 135 Å². The van der Waals surface area contributed by atoms with Crippen LogP contribution in [0.2, 0.25) is 0 Å². The molecular formula is C51H79N3O13P2. The van der Waals surface area contributed by atoms with Crippen molar-refractivity contribution < 1.29 is 62.0 Å². The summed E-state index contributed by atoms with van der Waals surface area (Å²) in [6.07, 6.45) is 10.4. The summed E-state index contributed by atoms with van der Waals surface area (Å²) in [7, 11) is -7.58. The molecule has 1 saturated carbocycles. The zero-order valence-corrected chi connectivity index (χ0v) is 42.9. The fraction of sp³-hybridized carbons (Fsp3) is 0.667. The molecule has 3 aliphatic rings. The second kappa shape index (κ2) is 29.4. The normalized spacial score (nSPS) is 21.1. The summed E-state index contributed by atoms with van der Waals surface area (Å²) in [5.41, 5.74) is 7.85. The van der Waals surface area contributed by atoms with Crippen molar-refractivity contribution in [2.75, 3.05) is 38.1 Å². The van der Waals surface area contributed by atoms with Gasteiger partial charge in [-0.2, -0.15) is 0 Å². The Labute approximate surface area is 409 Å². The number of hydrogen-bond donors (Lipinski definition) is 4. The zero-order chi connectivity index (χ0) is 50.4. The largest absolute Gasteiger partial charge is 0.480 e. The number of aryl methyl sites for hydroxylation is 2. The summed E-state index contributed by atoms with van der Waals surface area (Å²) in [6.45, 7) is 6.44. The first-order valence-electron chi connectivity index (χ1n) is 25.3. The number of hydrogen-bond acceptors (Lipinski definition) is 11. The van der Waals surface area contributed by atoms with Crippen molar-refractivity contribution in [3.05, 3.63) is 71.8 Å². The molecule has 2 amide bonds. The molecule has 2 aliphatic heterocycles. The van der Waals surface area contributed by atoms with E-state index in [-0.39, 0.29) is 43.2 Å². The van der Waals surface area contributed by atoms with Crippen LogP contribution in [-0.4, -0.2) is 117 Å². The molecule has 5 rings (SSSR count). The highest BCUT2D eigenvalue weighted by Crippen LogP contribution is 2.51. The molecule has 2 aromatic rings. The zero-order valence-electron chi connectivity index (χ0n) is 41.1. The average Bonchev–Trinajstić information content (AvgIpc) is 4.02. The molecule has 2 heterocycles. The SMILES string of the molecule is CCC(=O)O[C@@H](OP(=O)(CCCCc1ccccc1)CC(=O)N1C[C@H](C2CCCCC2)C[C@H]1C(=O)O)C(C)C.NCCCCC(OP(=O)(O)CCCCc1ccccc1)C(=O)N1CCC[C@H]1C(=O)O. The number of carboxylic acid groups (broad SMARTS) is 2. The lowest BCUT2D eigenvalue weighted by Crippen LogP contribution is -2.46. The fourth-order valence-corrected chi connectivity index (χ4v) is 13.1. The Morgan fingerprint density at radius 2 is 1.32 bits per heavy atom. The van der Waals surface area contributed by atoms with Crippen LogP contribution in [0, 0.1) is 17.8 Å². The molecule has 0 spiro atoms. The van der Waals surface area contributed by atoms with E-state index < -0.39 is 69.2 Å². The van der Waals surface area contributed by atoms with Crippen molar-refractivity contribution >= 4 is 44.7 Å². The first-order valence-corrected chi connectivity index (χ1v) is 29.0. The van der Waals surface area contributed by atoms with E-state index in [1.165, 1.54) is 21.8 Å². The number of rotatable bonds is 27. The fourth-order valence-electron chi connectivity index (χ4n) is 9.50. The second-order valence-electron chi connectivity index (χ2n) is 19.2. The lowest BCUT2D eigenvalue weighted by atomic mass is 9.79. The van der Waals surface area contributed by atoms with Gasteiger partial charge >= 0.3 is 25.5 Å². The van der Waals surface area contributed by atoms with E-state index in [9.17, 15) is 48.2 Å². The van der Waals surface area contributed by atoms with Gasteiger partial charge in [0.15, 0.2) is 0 Å². The number of unbranched alkanes of at least 4 members (excludes halogenated alkanes) is 3. The number of aliphatic carboxylic acids is 2. The number of benzene rings is 2. The Bertz CT molecular complexity index is 2000. The molecule has 18 heteroatoms. The topological polar surface area (TPSA) is 240 Å². The Hall–Kier alpha value is -3.91. The van der Waals surface area contributed by atoms with Crippen molar-refractivity contribution in [2.24, 2.45) is 23.5 Å². The molecule has 69 heavy (non-hydrogen) atoms. The van der Waals surface area contributed by atoms with Crippen LogP contribution in [-0.2, 0) is 59.7 Å². The number of esters is 1. The highest BCUT2D eigenvalue weighted by atomic mass is 31.2. The van der Waals surface area contributed by atoms with Crippen molar-refractivity contribution in [3.63, 3.8) is 0 Å². The quantitative estimate of drug-likeness (QED) is 0.0283. The number of amides is 2. The van der Waals surface area contributed by atoms with Crippen LogP contribution in [0.4, 0.5) is 0 Å². The van der Waals surface area contributed by atoms with Crippen LogP contribution in [0.3, 0.4) is 0 Å². The molecule has 7 atom stereocenters. The molecular weight excluding hydrogens is 925 g/mol. The number of carbonyl (C=O) groups excluding carboxylic acids is 3. The van der Waals surface area contributed by atoms with Crippen LogP contribution < -0.4 is 5.73 Å². The Morgan fingerprint density at radius 3 is 1.87 bits per heavy atom. The van der Waals surface area contributed by atoms with E-state index in [4.69, 9.17) is 19.5 Å². The van der Waals surface area contributed by atoms with Gasteiger partial charge < -0.3 is 35.4 Å². The number of carbonyl (C=O) groups is 5. The number of likely N-dealkylation sites (tertiary alicyclic amines) is 2. The maximum Gasteiger partial charge on any atom is 0.328 e. The lowest BCUT2D eigenvalue weighted by molar-refractivity contribution is -0.169. The third kappa shape index (κ3) is 19.7. The van der Waals surface area contributed by atoms with Crippen LogP contribution >= 0.6 is 15.0 Å². The summed E-state index contributed by atoms with van der Waals surface area (Å²) in [5, 5.41) is 19.3. The molecule has 0 aromatic heterocycles. The van der Waals surface area contributed by atoms with Gasteiger partial charge in [-0.25, -0.2) is 9.59 Å². The van der Waals surface area contributed by atoms with Crippen LogP contribution in [0.15, 0.2) is 60.7 Å². The minimum atomic E-state index is -3.98. The molecule has 2 saturated heterocycles. The standard InChI is InChI=1S/C30H46NO7P.C21H33N2O6P/c1-4-28(33)37-30(22(2)3)38-39(36,18-12-11-15-23-13-7-5-8-14-23)21-27(32)31-20-25(19-26(31)29(34)35)24-16-9-6-10-17-24;22-14-6-4-13-19(20(24)23-15-8-12-18(23)21(25)26)29-30(27,28)16-7-5-11-17-9-2-1-3-10-17/h5,7-8,13-14,22,24-26,30H,4,6,9-12,15-21H2,1-3H3,(H,34,35);1-3,9-10,18-19H,4-8,11-16,22H2,(H,25,26)(H,27,28)/t25-,26+,30+,39?;18-,19?/m10/s1. The van der Waals surface area contributed by atoms with E-state index in [1.807, 2.05) is 74.5 Å². The first kappa shape index (κ1) is 57.7. The van der Waals surface area contributed by atoms with Gasteiger partial charge in [-0.05, 0) is 107 Å². The Balaban J connectivity index is 0.000000311. The van der Waals surface area contributed by atoms with Crippen molar-refractivity contribution in [1.82, 2.24) is 9.80 Å². The molecule has 386 valence electrons. The Kier molecular flexibility index (Phi) is 24.6. The molecule has 1 aliphatic carbocycles. The van der Waals surface area contributed by atoms with E-state index >= 15 is 0 Å². The van der Waals surface area contributed by atoms with E-state index in [2.05, 4.69) is 0 Å². The summed E-state index contributed by atoms with van der Waals surface area (Å²) in [5.74, 6) is -3.19. The number of nitrogens with two attached hydrogens (primary N) is 1. The molecule has 0 bridgehead atoms. The molecule has 0 radical (unpaired) electrons. The summed E-state index contributed by atoms with van der Waals surface area (Å²) < 4.78 is 43.7. The third-order valence-electron chi connectivity index (χ3n) is 13.4. The monoisotopic (exact) mass is 1000 g/mol. The number of nitrogens with zero attached hydrogens (tertiary/aromatic N) is 2. The summed E-state index contributed by atoms with van der Waals surface area (Å²) in [4.78, 5) is 75.1. The van der Waals surface area contributed by atoms with Crippen LogP contribution in [0.25, 0.3) is 0 Å². The average molecular weight is 1000 g/mol. The first-order chi connectivity index (χ1) is 33.0. The van der Waals surface area contributed by atoms with Gasteiger partial charge in [-0.15, -0.1) is 0 Å². The predicted molar refractivity (Wildman–Crippen MR) is 265 cm³/mol. The maximum atomic E-state index is 14.2. The predicted octanol–water partition coefficient (Wildman–Crippen LogP) is 8.91. The summed E-state index contributed by atoms with van der Waals surface area (Å²) in [6, 6.07) is 18.1. The summed E-state index contributed by atoms with van der Waals surface area (Å²) >= 11 is 0. The van der Waals surface area contributed by atoms with Gasteiger partial charge in [-0.3, -0.25) is 32.6 Å². The van der Waals surface area contributed by atoms with E-state index in [0.717, 1.165) is 56.9 Å². The molecule has 2 aromatic carbocycles. The smallest absolute Gasteiger partial charge is 0.328 e. The Morgan fingerprint density at radius 1 is 0.725 bits per heavy atom. The highest BCUT2D eigenvalue weighted by molar-refractivity contribution is 7.60. The van der Waals surface area contributed by atoms with Gasteiger partial charge in [0.05, 0.1) is 6.16 Å².